The normalized spacial score (nSPS) is 29.4. The molecule has 0 bridgehead atoms. The molecule has 0 spiro atoms. The fraction of sp³-hybridized carbons (Fsp3) is 0.786. The maximum Gasteiger partial charge on any atom is 0.308 e. The minimum absolute atomic E-state index is 0.0307. The van der Waals surface area contributed by atoms with Crippen molar-refractivity contribution in [3.8, 4) is 0 Å². The van der Waals surface area contributed by atoms with Crippen LogP contribution in [0.15, 0.2) is 0 Å². The molecule has 0 saturated carbocycles. The van der Waals surface area contributed by atoms with Crippen LogP contribution in [-0.4, -0.2) is 62.4 Å². The van der Waals surface area contributed by atoms with Gasteiger partial charge in [0.15, 0.2) is 0 Å². The molecule has 0 aromatic rings. The summed E-state index contributed by atoms with van der Waals surface area (Å²) in [5.74, 6) is -1.02. The molecule has 0 aliphatic carbocycles. The first-order valence-corrected chi connectivity index (χ1v) is 8.26. The standard InChI is InChI=1S/C14H22N2O4S/c1-4-15(7-9(2)13(19)20)12(18)10-8-21-14(3)6-5-11(17)16(10)14/h9-10H,4-8H2,1-3H3,(H,19,20). The molecule has 0 aromatic carbocycles. The molecule has 21 heavy (non-hydrogen) atoms. The lowest BCUT2D eigenvalue weighted by Gasteiger charge is -2.33. The Hall–Kier alpha value is -1.24. The van der Waals surface area contributed by atoms with Gasteiger partial charge in [-0.25, -0.2) is 0 Å². The third kappa shape index (κ3) is 2.88. The largest absolute Gasteiger partial charge is 0.481 e. The summed E-state index contributed by atoms with van der Waals surface area (Å²) in [7, 11) is 0. The highest BCUT2D eigenvalue weighted by molar-refractivity contribution is 8.01. The maximum atomic E-state index is 12.7. The Morgan fingerprint density at radius 2 is 2.24 bits per heavy atom. The summed E-state index contributed by atoms with van der Waals surface area (Å²) in [6, 6.07) is -0.448. The predicted molar refractivity (Wildman–Crippen MR) is 79.8 cm³/mol. The van der Waals surface area contributed by atoms with Crippen LogP contribution in [0.4, 0.5) is 0 Å². The Kier molecular flexibility index (Phi) is 4.51. The van der Waals surface area contributed by atoms with E-state index in [0.717, 1.165) is 6.42 Å². The Bertz CT molecular complexity index is 470. The van der Waals surface area contributed by atoms with Crippen LogP contribution in [0.3, 0.4) is 0 Å². The minimum atomic E-state index is -0.913. The highest BCUT2D eigenvalue weighted by atomic mass is 32.2. The van der Waals surface area contributed by atoms with E-state index >= 15 is 0 Å². The molecule has 1 N–H and O–H groups in total. The van der Waals surface area contributed by atoms with E-state index in [1.54, 1.807) is 28.5 Å². The molecule has 118 valence electrons. The number of carbonyl (C=O) groups is 3. The van der Waals surface area contributed by atoms with Crippen molar-refractivity contribution >= 4 is 29.5 Å². The number of likely N-dealkylation sites (N-methyl/N-ethyl adjacent to an activating group) is 1. The second-order valence-corrected chi connectivity index (χ2v) is 7.38. The molecule has 2 amide bonds. The average Bonchev–Trinajstić information content (AvgIpc) is 2.92. The lowest BCUT2D eigenvalue weighted by molar-refractivity contribution is -0.147. The van der Waals surface area contributed by atoms with Crippen LogP contribution in [0.5, 0.6) is 0 Å². The van der Waals surface area contributed by atoms with Gasteiger partial charge in [-0.15, -0.1) is 11.8 Å². The van der Waals surface area contributed by atoms with Gasteiger partial charge in [0.1, 0.15) is 6.04 Å². The van der Waals surface area contributed by atoms with E-state index in [0.29, 0.717) is 18.7 Å². The lowest BCUT2D eigenvalue weighted by Crippen LogP contribution is -2.52. The van der Waals surface area contributed by atoms with Crippen LogP contribution in [0.2, 0.25) is 0 Å². The molecule has 2 heterocycles. The fourth-order valence-corrected chi connectivity index (χ4v) is 4.42. The molecule has 2 fully saturated rings. The smallest absolute Gasteiger partial charge is 0.308 e. The average molecular weight is 314 g/mol. The third-order valence-corrected chi connectivity index (χ3v) is 5.84. The zero-order chi connectivity index (χ0) is 15.8. The fourth-order valence-electron chi connectivity index (χ4n) is 3.00. The zero-order valence-electron chi connectivity index (χ0n) is 12.7. The van der Waals surface area contributed by atoms with Crippen LogP contribution in [0.25, 0.3) is 0 Å². The quantitative estimate of drug-likeness (QED) is 0.819. The highest BCUT2D eigenvalue weighted by Crippen LogP contribution is 2.47. The van der Waals surface area contributed by atoms with Crippen molar-refractivity contribution in [1.29, 1.82) is 0 Å². The number of carboxylic acid groups (broad SMARTS) is 1. The summed E-state index contributed by atoms with van der Waals surface area (Å²) in [6.07, 6.45) is 1.27. The molecule has 2 rings (SSSR count). The molecule has 2 saturated heterocycles. The summed E-state index contributed by atoms with van der Waals surface area (Å²) < 4.78 is 0. The Labute approximate surface area is 128 Å². The molecular formula is C14H22N2O4S. The van der Waals surface area contributed by atoms with E-state index in [1.165, 1.54) is 0 Å². The number of hydrogen-bond donors (Lipinski definition) is 1. The van der Waals surface area contributed by atoms with Crippen molar-refractivity contribution in [3.05, 3.63) is 0 Å². The third-order valence-electron chi connectivity index (χ3n) is 4.34. The van der Waals surface area contributed by atoms with Crippen molar-refractivity contribution in [2.75, 3.05) is 18.8 Å². The predicted octanol–water partition coefficient (Wildman–Crippen LogP) is 1.01. The van der Waals surface area contributed by atoms with Gasteiger partial charge in [0.2, 0.25) is 11.8 Å². The van der Waals surface area contributed by atoms with Gasteiger partial charge in [0.05, 0.1) is 10.8 Å². The van der Waals surface area contributed by atoms with E-state index in [-0.39, 0.29) is 23.2 Å². The van der Waals surface area contributed by atoms with Gasteiger partial charge >= 0.3 is 5.97 Å². The van der Waals surface area contributed by atoms with Crippen molar-refractivity contribution in [2.45, 2.75) is 44.5 Å². The van der Waals surface area contributed by atoms with Crippen molar-refractivity contribution in [3.63, 3.8) is 0 Å². The highest BCUT2D eigenvalue weighted by Gasteiger charge is 2.53. The molecule has 0 radical (unpaired) electrons. The molecule has 3 unspecified atom stereocenters. The number of carboxylic acids is 1. The number of amides is 2. The number of nitrogens with zero attached hydrogens (tertiary/aromatic N) is 2. The Morgan fingerprint density at radius 3 is 2.81 bits per heavy atom. The minimum Gasteiger partial charge on any atom is -0.481 e. The Balaban J connectivity index is 2.11. The summed E-state index contributed by atoms with van der Waals surface area (Å²) >= 11 is 1.65. The number of aliphatic carboxylic acids is 1. The monoisotopic (exact) mass is 314 g/mol. The van der Waals surface area contributed by atoms with Gasteiger partial charge in [-0.3, -0.25) is 14.4 Å². The Morgan fingerprint density at radius 1 is 1.57 bits per heavy atom. The molecule has 2 aliphatic heterocycles. The maximum absolute atomic E-state index is 12.7. The van der Waals surface area contributed by atoms with E-state index in [9.17, 15) is 14.4 Å². The topological polar surface area (TPSA) is 77.9 Å². The molecule has 6 nitrogen and oxygen atoms in total. The van der Waals surface area contributed by atoms with Crippen molar-refractivity contribution < 1.29 is 19.5 Å². The van der Waals surface area contributed by atoms with E-state index < -0.39 is 17.9 Å². The molecule has 2 aliphatic rings. The van der Waals surface area contributed by atoms with Crippen molar-refractivity contribution in [1.82, 2.24) is 9.80 Å². The van der Waals surface area contributed by atoms with E-state index in [2.05, 4.69) is 0 Å². The molecule has 0 aromatic heterocycles. The number of rotatable bonds is 5. The van der Waals surface area contributed by atoms with Crippen molar-refractivity contribution in [2.24, 2.45) is 5.92 Å². The van der Waals surface area contributed by atoms with Gasteiger partial charge in [-0.2, -0.15) is 0 Å². The first-order valence-electron chi connectivity index (χ1n) is 7.28. The zero-order valence-corrected chi connectivity index (χ0v) is 13.5. The summed E-state index contributed by atoms with van der Waals surface area (Å²) in [6.45, 7) is 6.07. The molecule has 3 atom stereocenters. The van der Waals surface area contributed by atoms with Gasteiger partial charge in [-0.1, -0.05) is 6.92 Å². The van der Waals surface area contributed by atoms with Gasteiger partial charge < -0.3 is 14.9 Å². The summed E-state index contributed by atoms with van der Waals surface area (Å²) in [5.41, 5.74) is 0. The lowest BCUT2D eigenvalue weighted by atomic mass is 10.1. The van der Waals surface area contributed by atoms with Gasteiger partial charge in [0, 0.05) is 25.3 Å². The van der Waals surface area contributed by atoms with Crippen LogP contribution in [-0.2, 0) is 14.4 Å². The summed E-state index contributed by atoms with van der Waals surface area (Å²) in [5, 5.41) is 9.00. The van der Waals surface area contributed by atoms with Crippen LogP contribution >= 0.6 is 11.8 Å². The van der Waals surface area contributed by atoms with Gasteiger partial charge in [-0.05, 0) is 20.3 Å². The van der Waals surface area contributed by atoms with E-state index in [1.807, 2.05) is 13.8 Å². The van der Waals surface area contributed by atoms with Gasteiger partial charge in [0.25, 0.3) is 0 Å². The first kappa shape index (κ1) is 16.1. The van der Waals surface area contributed by atoms with Crippen LogP contribution < -0.4 is 0 Å². The number of hydrogen-bond acceptors (Lipinski definition) is 4. The number of carbonyl (C=O) groups excluding carboxylic acids is 2. The first-order chi connectivity index (χ1) is 9.80. The number of fused-ring (bicyclic) bond motifs is 1. The molecular weight excluding hydrogens is 292 g/mol. The summed E-state index contributed by atoms with van der Waals surface area (Å²) in [4.78, 5) is 38.7. The second kappa shape index (κ2) is 5.87. The van der Waals surface area contributed by atoms with Crippen LogP contribution in [0, 0.1) is 5.92 Å². The van der Waals surface area contributed by atoms with Crippen LogP contribution in [0.1, 0.15) is 33.6 Å². The second-order valence-electron chi connectivity index (χ2n) is 5.88. The van der Waals surface area contributed by atoms with E-state index in [4.69, 9.17) is 5.11 Å². The number of thioether (sulfide) groups is 1. The molecule has 7 heteroatoms. The SMILES string of the molecule is CCN(CC(C)C(=O)O)C(=O)C1CSC2(C)CCC(=O)N12.